The van der Waals surface area contributed by atoms with E-state index in [1.54, 1.807) is 0 Å². The first-order valence-corrected chi connectivity index (χ1v) is 4.29. The minimum Gasteiger partial charge on any atom is -0.505 e. The molecule has 0 aliphatic heterocycles. The molecule has 14 heavy (non-hydrogen) atoms. The summed E-state index contributed by atoms with van der Waals surface area (Å²) < 4.78 is 12.9. The lowest BCUT2D eigenvalue weighted by Crippen LogP contribution is -2.26. The number of rotatable bonds is 2. The Kier molecular flexibility index (Phi) is 3.08. The Morgan fingerprint density at radius 1 is 1.64 bits per heavy atom. The molecule has 0 saturated heterocycles. The number of aromatic hydroxyl groups is 1. The predicted octanol–water partition coefficient (Wildman–Crippen LogP) is 1.71. The van der Waals surface area contributed by atoms with Crippen molar-refractivity contribution in [2.75, 3.05) is 0 Å². The van der Waals surface area contributed by atoms with Gasteiger partial charge in [-0.05, 0) is 19.1 Å². The number of hydrogen-bond donors (Lipinski definition) is 2. The highest BCUT2D eigenvalue weighted by atomic mass is 35.5. The number of benzene rings is 1. The molecule has 1 aromatic rings. The van der Waals surface area contributed by atoms with Gasteiger partial charge in [-0.15, -0.1) is 0 Å². The molecule has 1 aromatic carbocycles. The number of ketones is 1. The topological polar surface area (TPSA) is 63.3 Å². The van der Waals surface area contributed by atoms with E-state index < -0.39 is 23.4 Å². The Morgan fingerprint density at radius 2 is 2.21 bits per heavy atom. The molecule has 1 atom stereocenters. The van der Waals surface area contributed by atoms with Crippen molar-refractivity contribution in [3.05, 3.63) is 28.5 Å². The molecule has 0 heterocycles. The molecule has 0 aliphatic rings. The van der Waals surface area contributed by atoms with Crippen molar-refractivity contribution in [1.82, 2.24) is 0 Å². The third kappa shape index (κ3) is 2.02. The molecular formula is C9H9ClFNO2. The summed E-state index contributed by atoms with van der Waals surface area (Å²) in [6, 6.07) is 1.44. The van der Waals surface area contributed by atoms with Crippen LogP contribution in [0.3, 0.4) is 0 Å². The second-order valence-electron chi connectivity index (χ2n) is 2.94. The maximum absolute atomic E-state index is 12.9. The van der Waals surface area contributed by atoms with Gasteiger partial charge in [0, 0.05) is 5.56 Å². The number of phenols is 1. The smallest absolute Gasteiger partial charge is 0.183 e. The Labute approximate surface area is 85.3 Å². The van der Waals surface area contributed by atoms with Crippen LogP contribution in [0.4, 0.5) is 4.39 Å². The van der Waals surface area contributed by atoms with Crippen LogP contribution in [0, 0.1) is 5.82 Å². The third-order valence-corrected chi connectivity index (χ3v) is 1.98. The van der Waals surface area contributed by atoms with Crippen molar-refractivity contribution in [3.63, 3.8) is 0 Å². The largest absolute Gasteiger partial charge is 0.505 e. The van der Waals surface area contributed by atoms with Gasteiger partial charge in [0.1, 0.15) is 0 Å². The maximum Gasteiger partial charge on any atom is 0.183 e. The van der Waals surface area contributed by atoms with E-state index in [4.69, 9.17) is 22.4 Å². The van der Waals surface area contributed by atoms with Crippen molar-refractivity contribution in [2.24, 2.45) is 5.73 Å². The molecule has 1 rings (SSSR count). The number of carbonyl (C=O) groups excluding carboxylic acids is 1. The molecule has 0 spiro atoms. The summed E-state index contributed by atoms with van der Waals surface area (Å²) in [6.07, 6.45) is 0. The molecule has 0 aliphatic carbocycles. The minimum absolute atomic E-state index is 0.101. The average Bonchev–Trinajstić information content (AvgIpc) is 2.12. The van der Waals surface area contributed by atoms with Gasteiger partial charge in [0.15, 0.2) is 17.3 Å². The molecule has 0 saturated carbocycles. The summed E-state index contributed by atoms with van der Waals surface area (Å²) >= 11 is 5.44. The van der Waals surface area contributed by atoms with Crippen molar-refractivity contribution >= 4 is 17.4 Å². The van der Waals surface area contributed by atoms with Crippen LogP contribution >= 0.6 is 11.6 Å². The van der Waals surface area contributed by atoms with E-state index >= 15 is 0 Å². The van der Waals surface area contributed by atoms with Gasteiger partial charge in [0.2, 0.25) is 0 Å². The van der Waals surface area contributed by atoms with Gasteiger partial charge in [-0.2, -0.15) is 0 Å². The highest BCUT2D eigenvalue weighted by Crippen LogP contribution is 2.25. The van der Waals surface area contributed by atoms with E-state index in [9.17, 15) is 9.18 Å². The van der Waals surface area contributed by atoms with Gasteiger partial charge >= 0.3 is 0 Å². The van der Waals surface area contributed by atoms with Gasteiger partial charge in [0.25, 0.3) is 0 Å². The number of nitrogens with two attached hydrogens (primary N) is 1. The van der Waals surface area contributed by atoms with Crippen LogP contribution in [-0.2, 0) is 0 Å². The first-order valence-electron chi connectivity index (χ1n) is 3.91. The predicted molar refractivity (Wildman–Crippen MR) is 51.1 cm³/mol. The lowest BCUT2D eigenvalue weighted by Gasteiger charge is -2.06. The lowest BCUT2D eigenvalue weighted by atomic mass is 10.1. The van der Waals surface area contributed by atoms with E-state index in [1.807, 2.05) is 0 Å². The van der Waals surface area contributed by atoms with Crippen LogP contribution in [0.5, 0.6) is 5.75 Å². The van der Waals surface area contributed by atoms with Crippen molar-refractivity contribution in [3.8, 4) is 5.75 Å². The summed E-state index contributed by atoms with van der Waals surface area (Å²) in [5.41, 5.74) is 5.44. The van der Waals surface area contributed by atoms with Crippen LogP contribution in [-0.4, -0.2) is 16.9 Å². The summed E-state index contributed by atoms with van der Waals surface area (Å²) in [6.45, 7) is 1.50. The van der Waals surface area contributed by atoms with Crippen molar-refractivity contribution in [2.45, 2.75) is 13.0 Å². The summed E-state index contributed by atoms with van der Waals surface area (Å²) in [4.78, 5) is 11.3. The normalized spacial score (nSPS) is 12.6. The minimum atomic E-state index is -0.937. The van der Waals surface area contributed by atoms with Crippen LogP contribution < -0.4 is 5.73 Å². The summed E-state index contributed by atoms with van der Waals surface area (Å²) in [5, 5.41) is 8.76. The average molecular weight is 218 g/mol. The van der Waals surface area contributed by atoms with E-state index in [-0.39, 0.29) is 10.6 Å². The van der Waals surface area contributed by atoms with E-state index in [0.717, 1.165) is 12.1 Å². The van der Waals surface area contributed by atoms with Gasteiger partial charge in [-0.25, -0.2) is 4.39 Å². The molecule has 5 heteroatoms. The molecule has 0 bridgehead atoms. The summed E-state index contributed by atoms with van der Waals surface area (Å²) in [5.74, 6) is -1.99. The fraction of sp³-hybridized carbons (Fsp3) is 0.222. The van der Waals surface area contributed by atoms with Gasteiger partial charge in [0.05, 0.1) is 11.1 Å². The molecule has 0 fully saturated rings. The monoisotopic (exact) mass is 217 g/mol. The molecule has 3 N–H and O–H groups in total. The fourth-order valence-corrected chi connectivity index (χ4v) is 1.19. The quantitative estimate of drug-likeness (QED) is 0.742. The third-order valence-electron chi connectivity index (χ3n) is 1.71. The molecular weight excluding hydrogens is 209 g/mol. The zero-order valence-electron chi connectivity index (χ0n) is 7.42. The Hall–Kier alpha value is -1.13. The van der Waals surface area contributed by atoms with Crippen LogP contribution in [0.15, 0.2) is 12.1 Å². The van der Waals surface area contributed by atoms with Crippen LogP contribution in [0.1, 0.15) is 17.3 Å². The maximum atomic E-state index is 12.9. The first kappa shape index (κ1) is 10.9. The van der Waals surface area contributed by atoms with E-state index in [1.165, 1.54) is 6.92 Å². The Balaban J connectivity index is 3.19. The van der Waals surface area contributed by atoms with Crippen LogP contribution in [0.2, 0.25) is 5.02 Å². The van der Waals surface area contributed by atoms with Crippen LogP contribution in [0.25, 0.3) is 0 Å². The molecule has 76 valence electrons. The second kappa shape index (κ2) is 3.94. The number of carbonyl (C=O) groups is 1. The standard InChI is InChI=1S/C9H9ClFNO2/c1-4(12)9(14)5-2-6(10)8(11)7(13)3-5/h2-4,13H,12H2,1H3. The number of halogens is 2. The molecule has 0 amide bonds. The first-order chi connectivity index (χ1) is 6.43. The van der Waals surface area contributed by atoms with Gasteiger partial charge in [-0.3, -0.25) is 4.79 Å². The number of Topliss-reactive ketones (excluding diaryl/α,β-unsaturated/α-hetero) is 1. The molecule has 3 nitrogen and oxygen atoms in total. The highest BCUT2D eigenvalue weighted by Gasteiger charge is 2.15. The second-order valence-corrected chi connectivity index (χ2v) is 3.35. The zero-order chi connectivity index (χ0) is 10.9. The Morgan fingerprint density at radius 3 is 2.64 bits per heavy atom. The van der Waals surface area contributed by atoms with E-state index in [2.05, 4.69) is 0 Å². The van der Waals surface area contributed by atoms with Gasteiger partial charge < -0.3 is 10.8 Å². The molecule has 0 radical (unpaired) electrons. The SMILES string of the molecule is CC(N)C(=O)c1cc(O)c(F)c(Cl)c1. The molecule has 1 unspecified atom stereocenters. The highest BCUT2D eigenvalue weighted by molar-refractivity contribution is 6.31. The Bertz CT molecular complexity index is 356. The molecule has 0 aromatic heterocycles. The zero-order valence-corrected chi connectivity index (χ0v) is 8.18. The van der Waals surface area contributed by atoms with Crippen molar-refractivity contribution in [1.29, 1.82) is 0 Å². The fourth-order valence-electron chi connectivity index (χ4n) is 0.980. The lowest BCUT2D eigenvalue weighted by molar-refractivity contribution is 0.0967. The summed E-state index contributed by atoms with van der Waals surface area (Å²) in [7, 11) is 0. The van der Waals surface area contributed by atoms with Gasteiger partial charge in [-0.1, -0.05) is 11.6 Å². The number of phenolic OH excluding ortho intramolecular Hbond substituents is 1. The number of hydrogen-bond acceptors (Lipinski definition) is 3. The van der Waals surface area contributed by atoms with Crippen molar-refractivity contribution < 1.29 is 14.3 Å². The van der Waals surface area contributed by atoms with E-state index in [0.29, 0.717) is 0 Å².